The smallest absolute Gasteiger partial charge is 0.346 e. The van der Waals surface area contributed by atoms with Gasteiger partial charge >= 0.3 is 6.61 Å². The van der Waals surface area contributed by atoms with E-state index in [9.17, 15) is 22.8 Å². The van der Waals surface area contributed by atoms with Crippen molar-refractivity contribution < 1.29 is 27.6 Å². The molecule has 1 aliphatic rings. The fraction of sp³-hybridized carbons (Fsp3) is 0.172. The monoisotopic (exact) mass is 579 g/mol. The van der Waals surface area contributed by atoms with Gasteiger partial charge < -0.3 is 20.8 Å². The number of hydrogen-bond donors (Lipinski definition) is 3. The SMILES string of the molecule is O=C(N[C@@H]1C(=O)N[C@@H]1CF)C(=NOC(F)F)c1csc(NC(c2ccccc2)(c2ccccc2)c2ccccc2)n1. The quantitative estimate of drug-likeness (QED) is 0.106. The average Bonchev–Trinajstić information content (AvgIpc) is 3.46. The number of hydrogen-bond acceptors (Lipinski definition) is 7. The first kappa shape index (κ1) is 27.8. The number of halogens is 3. The highest BCUT2D eigenvalue weighted by molar-refractivity contribution is 7.14. The summed E-state index contributed by atoms with van der Waals surface area (Å²) < 4.78 is 38.9. The van der Waals surface area contributed by atoms with Crippen LogP contribution in [-0.2, 0) is 20.0 Å². The second kappa shape index (κ2) is 12.2. The first-order valence-electron chi connectivity index (χ1n) is 12.5. The van der Waals surface area contributed by atoms with Crippen molar-refractivity contribution in [2.75, 3.05) is 12.0 Å². The van der Waals surface area contributed by atoms with Crippen molar-refractivity contribution in [2.45, 2.75) is 24.2 Å². The minimum absolute atomic E-state index is 0.0738. The van der Waals surface area contributed by atoms with E-state index in [0.29, 0.717) is 5.13 Å². The van der Waals surface area contributed by atoms with Crippen LogP contribution in [0.1, 0.15) is 22.4 Å². The Morgan fingerprint density at radius 3 is 1.98 bits per heavy atom. The largest absolute Gasteiger partial charge is 0.407 e. The third-order valence-corrected chi connectivity index (χ3v) is 7.32. The Morgan fingerprint density at radius 1 is 0.976 bits per heavy atom. The lowest BCUT2D eigenvalue weighted by Crippen LogP contribution is -2.70. The number of thiazole rings is 1. The Labute approximate surface area is 237 Å². The van der Waals surface area contributed by atoms with Crippen LogP contribution >= 0.6 is 11.3 Å². The number of benzene rings is 3. The van der Waals surface area contributed by atoms with Crippen molar-refractivity contribution in [1.29, 1.82) is 0 Å². The molecule has 3 aromatic carbocycles. The summed E-state index contributed by atoms with van der Waals surface area (Å²) in [5.41, 5.74) is 1.10. The molecule has 1 aromatic heterocycles. The molecule has 0 bridgehead atoms. The highest BCUT2D eigenvalue weighted by Crippen LogP contribution is 2.40. The zero-order valence-corrected chi connectivity index (χ0v) is 22.2. The molecule has 1 fully saturated rings. The number of nitrogens with zero attached hydrogens (tertiary/aromatic N) is 2. The number of aromatic nitrogens is 1. The molecule has 1 aliphatic heterocycles. The van der Waals surface area contributed by atoms with Gasteiger partial charge in [-0.3, -0.25) is 9.59 Å². The van der Waals surface area contributed by atoms with Crippen molar-refractivity contribution in [3.63, 3.8) is 0 Å². The average molecular weight is 580 g/mol. The fourth-order valence-electron chi connectivity index (χ4n) is 4.62. The van der Waals surface area contributed by atoms with E-state index in [0.717, 1.165) is 28.0 Å². The van der Waals surface area contributed by atoms with Gasteiger partial charge in [0.2, 0.25) is 5.91 Å². The number of oxime groups is 1. The third-order valence-electron chi connectivity index (χ3n) is 6.57. The van der Waals surface area contributed by atoms with Gasteiger partial charge in [0, 0.05) is 5.38 Å². The fourth-order valence-corrected chi connectivity index (χ4v) is 5.37. The summed E-state index contributed by atoms with van der Waals surface area (Å²) >= 11 is 1.12. The van der Waals surface area contributed by atoms with Gasteiger partial charge in [-0.05, 0) is 16.7 Å². The zero-order chi connectivity index (χ0) is 28.8. The molecule has 3 N–H and O–H groups in total. The molecule has 0 spiro atoms. The number of alkyl halides is 3. The summed E-state index contributed by atoms with van der Waals surface area (Å²) in [7, 11) is 0. The molecule has 12 heteroatoms. The van der Waals surface area contributed by atoms with E-state index in [2.05, 4.69) is 30.9 Å². The molecule has 210 valence electrons. The lowest BCUT2D eigenvalue weighted by atomic mass is 9.77. The van der Waals surface area contributed by atoms with Gasteiger partial charge in [-0.2, -0.15) is 8.78 Å². The van der Waals surface area contributed by atoms with Crippen LogP contribution in [0.5, 0.6) is 0 Å². The molecular formula is C29H24F3N5O3S. The van der Waals surface area contributed by atoms with E-state index in [1.165, 1.54) is 5.38 Å². The second-order valence-electron chi connectivity index (χ2n) is 9.04. The molecule has 41 heavy (non-hydrogen) atoms. The van der Waals surface area contributed by atoms with E-state index in [1.807, 2.05) is 91.0 Å². The number of rotatable bonds is 11. The van der Waals surface area contributed by atoms with Crippen LogP contribution in [0, 0.1) is 0 Å². The molecule has 0 aliphatic carbocycles. The van der Waals surface area contributed by atoms with Crippen LogP contribution in [0.15, 0.2) is 102 Å². The molecule has 4 aromatic rings. The number of β-lactam (4-membered cyclic amide) rings is 1. The number of carbonyl (C=O) groups excluding carboxylic acids is 2. The Bertz CT molecular complexity index is 1420. The Kier molecular flexibility index (Phi) is 8.29. The summed E-state index contributed by atoms with van der Waals surface area (Å²) in [6, 6.07) is 27.0. The summed E-state index contributed by atoms with van der Waals surface area (Å²) in [6.07, 6.45) is 0. The highest BCUT2D eigenvalue weighted by Gasteiger charge is 2.42. The molecule has 0 saturated carbocycles. The van der Waals surface area contributed by atoms with Crippen molar-refractivity contribution in [3.05, 3.63) is 119 Å². The van der Waals surface area contributed by atoms with Gasteiger partial charge in [0.25, 0.3) is 5.91 Å². The maximum Gasteiger partial charge on any atom is 0.407 e. The van der Waals surface area contributed by atoms with Gasteiger partial charge in [-0.25, -0.2) is 9.37 Å². The predicted octanol–water partition coefficient (Wildman–Crippen LogP) is 4.44. The maximum atomic E-state index is 13.1. The normalized spacial score (nSPS) is 17.0. The van der Waals surface area contributed by atoms with Crippen LogP contribution < -0.4 is 16.0 Å². The summed E-state index contributed by atoms with van der Waals surface area (Å²) in [5.74, 6) is -1.62. The molecule has 0 unspecified atom stereocenters. The summed E-state index contributed by atoms with van der Waals surface area (Å²) in [5, 5.41) is 13.3. The number of carbonyl (C=O) groups is 2. The Morgan fingerprint density at radius 2 is 1.51 bits per heavy atom. The lowest BCUT2D eigenvalue weighted by molar-refractivity contribution is -0.136. The lowest BCUT2D eigenvalue weighted by Gasteiger charge is -2.36. The van der Waals surface area contributed by atoms with Crippen LogP contribution in [0.4, 0.5) is 18.3 Å². The standard InChI is InChI=1S/C29H24F3N5O3S/c30-16-21-23(25(38)33-21)35-26(39)24(37-40-27(31)32)22-17-41-28(34-22)36-29(18-10-4-1-5-11-18,19-12-6-2-7-13-19)20-14-8-3-9-15-20/h1-15,17,21,23,27H,16H2,(H,33,38)(H,34,36)(H,35,39)/t21-,23+/m1/s1. The Balaban J connectivity index is 1.55. The first-order chi connectivity index (χ1) is 19.9. The van der Waals surface area contributed by atoms with Crippen molar-refractivity contribution in [1.82, 2.24) is 15.6 Å². The number of amides is 2. The van der Waals surface area contributed by atoms with Gasteiger partial charge in [0.1, 0.15) is 23.9 Å². The Hall–Kier alpha value is -4.71. The molecule has 5 rings (SSSR count). The molecule has 1 saturated heterocycles. The minimum Gasteiger partial charge on any atom is -0.346 e. The van der Waals surface area contributed by atoms with Crippen molar-refractivity contribution in [3.8, 4) is 0 Å². The third kappa shape index (κ3) is 5.78. The van der Waals surface area contributed by atoms with Gasteiger partial charge in [0.15, 0.2) is 10.8 Å². The molecule has 2 heterocycles. The summed E-state index contributed by atoms with van der Waals surface area (Å²) in [6.45, 7) is -4.22. The first-order valence-corrected chi connectivity index (χ1v) is 13.4. The highest BCUT2D eigenvalue weighted by atomic mass is 32.1. The van der Waals surface area contributed by atoms with E-state index in [4.69, 9.17) is 0 Å². The molecular weight excluding hydrogens is 555 g/mol. The van der Waals surface area contributed by atoms with Gasteiger partial charge in [-0.15, -0.1) is 11.3 Å². The van der Waals surface area contributed by atoms with E-state index >= 15 is 0 Å². The minimum atomic E-state index is -3.30. The molecule has 8 nitrogen and oxygen atoms in total. The van der Waals surface area contributed by atoms with Gasteiger partial charge in [-0.1, -0.05) is 96.2 Å². The maximum absolute atomic E-state index is 13.1. The molecule has 0 radical (unpaired) electrons. The van der Waals surface area contributed by atoms with Gasteiger partial charge in [0.05, 0.1) is 6.04 Å². The van der Waals surface area contributed by atoms with E-state index in [1.54, 1.807) is 0 Å². The zero-order valence-electron chi connectivity index (χ0n) is 21.3. The summed E-state index contributed by atoms with van der Waals surface area (Å²) in [4.78, 5) is 33.4. The van der Waals surface area contributed by atoms with E-state index in [-0.39, 0.29) is 5.69 Å². The topological polar surface area (TPSA) is 105 Å². The van der Waals surface area contributed by atoms with Crippen LogP contribution in [0.25, 0.3) is 0 Å². The van der Waals surface area contributed by atoms with Crippen molar-refractivity contribution >= 4 is 34.0 Å². The second-order valence-corrected chi connectivity index (χ2v) is 9.90. The van der Waals surface area contributed by atoms with Crippen molar-refractivity contribution in [2.24, 2.45) is 5.16 Å². The van der Waals surface area contributed by atoms with Crippen LogP contribution in [0.2, 0.25) is 0 Å². The molecule has 2 atom stereocenters. The molecule has 2 amide bonds. The van der Waals surface area contributed by atoms with Crippen LogP contribution in [-0.4, -0.2) is 47.9 Å². The van der Waals surface area contributed by atoms with E-state index < -0.39 is 48.4 Å². The van der Waals surface area contributed by atoms with Crippen LogP contribution in [0.3, 0.4) is 0 Å². The number of nitrogens with one attached hydrogen (secondary N) is 3. The number of anilines is 1. The predicted molar refractivity (Wildman–Crippen MR) is 148 cm³/mol.